The number of hydrogen-bond acceptors (Lipinski definition) is 3. The molecule has 0 radical (unpaired) electrons. The molecule has 5 heteroatoms. The Morgan fingerprint density at radius 1 is 1.13 bits per heavy atom. The zero-order valence-corrected chi connectivity index (χ0v) is 13.1. The van der Waals surface area contributed by atoms with Gasteiger partial charge in [-0.3, -0.25) is 9.59 Å². The number of hydrogen-bond donors (Lipinski definition) is 3. The molecule has 0 spiro atoms. The summed E-state index contributed by atoms with van der Waals surface area (Å²) in [5.74, 6) is -0.454. The first-order chi connectivity index (χ1) is 11.1. The molecule has 0 aromatic heterocycles. The molecular formula is C18H21N3O2. The molecule has 4 N–H and O–H groups in total. The van der Waals surface area contributed by atoms with E-state index in [2.05, 4.69) is 10.6 Å². The van der Waals surface area contributed by atoms with Gasteiger partial charge in [0.05, 0.1) is 6.04 Å². The van der Waals surface area contributed by atoms with E-state index in [9.17, 15) is 9.59 Å². The van der Waals surface area contributed by atoms with E-state index in [0.29, 0.717) is 12.8 Å². The van der Waals surface area contributed by atoms with Crippen LogP contribution in [0.3, 0.4) is 0 Å². The Labute approximate surface area is 135 Å². The van der Waals surface area contributed by atoms with Crippen LogP contribution in [0, 0.1) is 5.41 Å². The molecule has 1 saturated carbocycles. The molecule has 0 bridgehead atoms. The lowest BCUT2D eigenvalue weighted by Gasteiger charge is -2.21. The summed E-state index contributed by atoms with van der Waals surface area (Å²) in [5, 5.41) is 7.76. The number of amides is 2. The van der Waals surface area contributed by atoms with Gasteiger partial charge in [-0.05, 0) is 35.2 Å². The van der Waals surface area contributed by atoms with Crippen LogP contribution in [0.5, 0.6) is 0 Å². The second-order valence-corrected chi connectivity index (χ2v) is 6.03. The van der Waals surface area contributed by atoms with Gasteiger partial charge in [0.1, 0.15) is 5.41 Å². The van der Waals surface area contributed by atoms with Gasteiger partial charge >= 0.3 is 0 Å². The highest BCUT2D eigenvalue weighted by Gasteiger charge is 2.56. The van der Waals surface area contributed by atoms with Gasteiger partial charge in [0.15, 0.2) is 0 Å². The van der Waals surface area contributed by atoms with E-state index in [1.165, 1.54) is 0 Å². The van der Waals surface area contributed by atoms with Crippen LogP contribution >= 0.6 is 0 Å². The van der Waals surface area contributed by atoms with E-state index in [4.69, 9.17) is 5.73 Å². The molecule has 3 rings (SSSR count). The van der Waals surface area contributed by atoms with Gasteiger partial charge in [-0.2, -0.15) is 0 Å². The van der Waals surface area contributed by atoms with Crippen molar-refractivity contribution in [3.63, 3.8) is 0 Å². The Kier molecular flexibility index (Phi) is 4.05. The predicted octanol–water partition coefficient (Wildman–Crippen LogP) is 1.48. The van der Waals surface area contributed by atoms with E-state index in [1.54, 1.807) is 7.05 Å². The quantitative estimate of drug-likeness (QED) is 0.731. The SMILES string of the molecule is CNC(=O)C1(C(=O)NC(CN)c2ccc3ccccc3c2)CC1. The molecule has 2 aromatic rings. The van der Waals surface area contributed by atoms with Crippen molar-refractivity contribution in [2.45, 2.75) is 18.9 Å². The molecule has 0 saturated heterocycles. The Morgan fingerprint density at radius 3 is 2.43 bits per heavy atom. The minimum absolute atomic E-state index is 0.218. The number of fused-ring (bicyclic) bond motifs is 1. The standard InChI is InChI=1S/C18H21N3O2/c1-20-16(22)18(8-9-18)17(23)21-15(11-19)14-7-6-12-4-2-3-5-13(12)10-14/h2-7,10,15H,8-9,11,19H2,1H3,(H,20,22)(H,21,23). The molecule has 23 heavy (non-hydrogen) atoms. The summed E-state index contributed by atoms with van der Waals surface area (Å²) in [7, 11) is 1.55. The third-order valence-electron chi connectivity index (χ3n) is 4.56. The smallest absolute Gasteiger partial charge is 0.236 e. The van der Waals surface area contributed by atoms with Crippen LogP contribution in [0.15, 0.2) is 42.5 Å². The summed E-state index contributed by atoms with van der Waals surface area (Å²) in [5.41, 5.74) is 5.90. The topological polar surface area (TPSA) is 84.2 Å². The minimum atomic E-state index is -0.904. The van der Waals surface area contributed by atoms with Gasteiger partial charge in [-0.15, -0.1) is 0 Å². The monoisotopic (exact) mass is 311 g/mol. The third kappa shape index (κ3) is 2.80. The van der Waals surface area contributed by atoms with Gasteiger partial charge in [-0.25, -0.2) is 0 Å². The Balaban J connectivity index is 1.82. The number of nitrogens with two attached hydrogens (primary N) is 1. The van der Waals surface area contributed by atoms with Crippen LogP contribution in [-0.2, 0) is 9.59 Å². The van der Waals surface area contributed by atoms with Gasteiger partial charge < -0.3 is 16.4 Å². The summed E-state index contributed by atoms with van der Waals surface area (Å²) in [6, 6.07) is 13.8. The Morgan fingerprint density at radius 2 is 1.83 bits per heavy atom. The highest BCUT2D eigenvalue weighted by Crippen LogP contribution is 2.46. The lowest BCUT2D eigenvalue weighted by molar-refractivity contribution is -0.137. The highest BCUT2D eigenvalue weighted by molar-refractivity contribution is 6.07. The predicted molar refractivity (Wildman–Crippen MR) is 89.6 cm³/mol. The van der Waals surface area contributed by atoms with Crippen molar-refractivity contribution < 1.29 is 9.59 Å². The largest absolute Gasteiger partial charge is 0.358 e. The third-order valence-corrected chi connectivity index (χ3v) is 4.56. The molecule has 2 aromatic carbocycles. The maximum atomic E-state index is 12.5. The zero-order valence-electron chi connectivity index (χ0n) is 13.1. The average Bonchev–Trinajstić information content (AvgIpc) is 3.40. The first kappa shape index (κ1) is 15.5. The number of rotatable bonds is 5. The summed E-state index contributed by atoms with van der Waals surface area (Å²) < 4.78 is 0. The van der Waals surface area contributed by atoms with Gasteiger partial charge in [0.2, 0.25) is 11.8 Å². The lowest BCUT2D eigenvalue weighted by Crippen LogP contribution is -2.44. The number of nitrogens with one attached hydrogen (secondary N) is 2. The number of benzene rings is 2. The maximum absolute atomic E-state index is 12.5. The molecule has 5 nitrogen and oxygen atoms in total. The molecule has 0 heterocycles. The van der Waals surface area contributed by atoms with Crippen LogP contribution in [-0.4, -0.2) is 25.4 Å². The maximum Gasteiger partial charge on any atom is 0.236 e. The molecular weight excluding hydrogens is 290 g/mol. The zero-order chi connectivity index (χ0) is 16.4. The van der Waals surface area contributed by atoms with Crippen molar-refractivity contribution >= 4 is 22.6 Å². The molecule has 1 atom stereocenters. The summed E-state index contributed by atoms with van der Waals surface area (Å²) in [6.45, 7) is 0.286. The molecule has 2 amide bonds. The van der Waals surface area contributed by atoms with Crippen LogP contribution < -0.4 is 16.4 Å². The number of carbonyl (C=O) groups is 2. The first-order valence-corrected chi connectivity index (χ1v) is 7.82. The molecule has 1 unspecified atom stereocenters. The van der Waals surface area contributed by atoms with Crippen molar-refractivity contribution in [2.24, 2.45) is 11.1 Å². The second-order valence-electron chi connectivity index (χ2n) is 6.03. The van der Waals surface area contributed by atoms with E-state index >= 15 is 0 Å². The Bertz CT molecular complexity index is 753. The second kappa shape index (κ2) is 6.01. The minimum Gasteiger partial charge on any atom is -0.358 e. The van der Waals surface area contributed by atoms with E-state index in [0.717, 1.165) is 16.3 Å². The van der Waals surface area contributed by atoms with Crippen molar-refractivity contribution in [1.29, 1.82) is 0 Å². The van der Waals surface area contributed by atoms with E-state index < -0.39 is 5.41 Å². The van der Waals surface area contributed by atoms with E-state index in [-0.39, 0.29) is 24.4 Å². The molecule has 1 aliphatic rings. The van der Waals surface area contributed by atoms with Crippen LogP contribution in [0.1, 0.15) is 24.4 Å². The van der Waals surface area contributed by atoms with Crippen LogP contribution in [0.25, 0.3) is 10.8 Å². The van der Waals surface area contributed by atoms with Crippen molar-refractivity contribution in [3.8, 4) is 0 Å². The van der Waals surface area contributed by atoms with Gasteiger partial charge in [-0.1, -0.05) is 36.4 Å². The lowest BCUT2D eigenvalue weighted by atomic mass is 9.99. The summed E-state index contributed by atoms with van der Waals surface area (Å²) in [4.78, 5) is 24.4. The molecule has 120 valence electrons. The van der Waals surface area contributed by atoms with Crippen molar-refractivity contribution in [3.05, 3.63) is 48.0 Å². The molecule has 1 fully saturated rings. The van der Waals surface area contributed by atoms with Crippen molar-refractivity contribution in [1.82, 2.24) is 10.6 Å². The Hall–Kier alpha value is -2.40. The summed E-state index contributed by atoms with van der Waals surface area (Å²) in [6.07, 6.45) is 1.18. The number of carbonyl (C=O) groups excluding carboxylic acids is 2. The normalized spacial score (nSPS) is 16.6. The molecule has 1 aliphatic carbocycles. The van der Waals surface area contributed by atoms with Gasteiger partial charge in [0, 0.05) is 13.6 Å². The van der Waals surface area contributed by atoms with Crippen LogP contribution in [0.2, 0.25) is 0 Å². The summed E-state index contributed by atoms with van der Waals surface area (Å²) >= 11 is 0. The molecule has 0 aliphatic heterocycles. The first-order valence-electron chi connectivity index (χ1n) is 7.82. The van der Waals surface area contributed by atoms with Crippen molar-refractivity contribution in [2.75, 3.05) is 13.6 Å². The fourth-order valence-electron chi connectivity index (χ4n) is 2.92. The highest BCUT2D eigenvalue weighted by atomic mass is 16.2. The fraction of sp³-hybridized carbons (Fsp3) is 0.333. The van der Waals surface area contributed by atoms with Crippen LogP contribution in [0.4, 0.5) is 0 Å². The van der Waals surface area contributed by atoms with E-state index in [1.807, 2.05) is 42.5 Å². The average molecular weight is 311 g/mol. The fourth-order valence-corrected chi connectivity index (χ4v) is 2.92. The van der Waals surface area contributed by atoms with Gasteiger partial charge in [0.25, 0.3) is 0 Å².